The van der Waals surface area contributed by atoms with Gasteiger partial charge < -0.3 is 4.90 Å². The Morgan fingerprint density at radius 3 is 2.68 bits per heavy atom. The highest BCUT2D eigenvalue weighted by molar-refractivity contribution is 6.17. The zero-order valence-corrected chi connectivity index (χ0v) is 12.0. The van der Waals surface area contributed by atoms with Gasteiger partial charge in [0.25, 0.3) is 0 Å². The van der Waals surface area contributed by atoms with Crippen molar-refractivity contribution in [1.29, 1.82) is 0 Å². The molecule has 0 aromatic heterocycles. The van der Waals surface area contributed by atoms with Crippen LogP contribution >= 0.6 is 11.6 Å². The Labute approximate surface area is 119 Å². The number of rotatable bonds is 3. The van der Waals surface area contributed by atoms with Crippen molar-refractivity contribution in [2.45, 2.75) is 50.4 Å². The molecule has 1 aromatic rings. The molecule has 1 aromatic carbocycles. The molecule has 0 bridgehead atoms. The minimum atomic E-state index is -0.162. The van der Waals surface area contributed by atoms with E-state index in [0.717, 1.165) is 18.2 Å². The first-order valence-corrected chi connectivity index (χ1v) is 7.94. The summed E-state index contributed by atoms with van der Waals surface area (Å²) < 4.78 is 13.9. The molecular weight excluding hydrogens is 261 g/mol. The van der Waals surface area contributed by atoms with Crippen LogP contribution in [-0.2, 0) is 5.88 Å². The third-order valence-corrected chi connectivity index (χ3v) is 5.05. The molecule has 1 saturated heterocycles. The van der Waals surface area contributed by atoms with E-state index in [2.05, 4.69) is 4.90 Å². The van der Waals surface area contributed by atoms with E-state index < -0.39 is 0 Å². The van der Waals surface area contributed by atoms with E-state index >= 15 is 0 Å². The molecule has 1 unspecified atom stereocenters. The average molecular weight is 282 g/mol. The second kappa shape index (κ2) is 5.70. The van der Waals surface area contributed by atoms with Gasteiger partial charge in [-0.3, -0.25) is 0 Å². The van der Waals surface area contributed by atoms with Crippen LogP contribution in [0.2, 0.25) is 0 Å². The van der Waals surface area contributed by atoms with E-state index in [-0.39, 0.29) is 11.7 Å². The van der Waals surface area contributed by atoms with Gasteiger partial charge >= 0.3 is 0 Å². The highest BCUT2D eigenvalue weighted by Gasteiger charge is 2.34. The summed E-state index contributed by atoms with van der Waals surface area (Å²) in [6.07, 6.45) is 7.88. The van der Waals surface area contributed by atoms with E-state index in [1.807, 2.05) is 12.1 Å². The van der Waals surface area contributed by atoms with E-state index in [0.29, 0.717) is 11.6 Å². The fourth-order valence-corrected chi connectivity index (χ4v) is 4.14. The Morgan fingerprint density at radius 2 is 1.95 bits per heavy atom. The van der Waals surface area contributed by atoms with Crippen molar-refractivity contribution in [1.82, 2.24) is 0 Å². The normalized spacial score (nSPS) is 24.3. The summed E-state index contributed by atoms with van der Waals surface area (Å²) in [7, 11) is 0. The van der Waals surface area contributed by atoms with Gasteiger partial charge in [0.15, 0.2) is 0 Å². The Balaban J connectivity index is 1.89. The highest BCUT2D eigenvalue weighted by atomic mass is 35.5. The number of hydrogen-bond donors (Lipinski definition) is 0. The van der Waals surface area contributed by atoms with Crippen LogP contribution in [0.25, 0.3) is 0 Å². The third kappa shape index (κ3) is 2.47. The number of alkyl halides is 1. The van der Waals surface area contributed by atoms with Gasteiger partial charge in [-0.05, 0) is 43.7 Å². The number of benzene rings is 1. The summed E-state index contributed by atoms with van der Waals surface area (Å²) in [6, 6.07) is 5.96. The topological polar surface area (TPSA) is 3.24 Å². The van der Waals surface area contributed by atoms with Gasteiger partial charge in [-0.25, -0.2) is 4.39 Å². The Hall–Kier alpha value is -0.760. The maximum Gasteiger partial charge on any atom is 0.129 e. The van der Waals surface area contributed by atoms with Crippen molar-refractivity contribution in [2.75, 3.05) is 11.4 Å². The molecule has 1 aliphatic carbocycles. The van der Waals surface area contributed by atoms with Crippen LogP contribution in [0.3, 0.4) is 0 Å². The predicted molar refractivity (Wildman–Crippen MR) is 78.3 cm³/mol. The first kappa shape index (κ1) is 13.2. The van der Waals surface area contributed by atoms with Crippen LogP contribution in [0.5, 0.6) is 0 Å². The fourth-order valence-electron chi connectivity index (χ4n) is 3.87. The molecule has 3 heteroatoms. The number of nitrogens with zero attached hydrogens (tertiary/aromatic N) is 1. The molecule has 1 nitrogen and oxygen atoms in total. The largest absolute Gasteiger partial charge is 0.368 e. The van der Waals surface area contributed by atoms with Crippen LogP contribution in [-0.4, -0.2) is 12.6 Å². The molecule has 2 aliphatic rings. The SMILES string of the molecule is Fc1cccc(N2CCCC2C2CCCC2)c1CCl. The quantitative estimate of drug-likeness (QED) is 0.725. The summed E-state index contributed by atoms with van der Waals surface area (Å²) in [5.41, 5.74) is 1.71. The van der Waals surface area contributed by atoms with Gasteiger partial charge in [-0.2, -0.15) is 0 Å². The van der Waals surface area contributed by atoms with Crippen LogP contribution in [0, 0.1) is 11.7 Å². The fraction of sp³-hybridized carbons (Fsp3) is 0.625. The molecule has 0 amide bonds. The second-order valence-corrected chi connectivity index (χ2v) is 6.09. The first-order valence-electron chi connectivity index (χ1n) is 7.41. The highest BCUT2D eigenvalue weighted by Crippen LogP contribution is 2.39. The van der Waals surface area contributed by atoms with Gasteiger partial charge in [-0.15, -0.1) is 11.6 Å². The second-order valence-electron chi connectivity index (χ2n) is 5.82. The molecule has 104 valence electrons. The number of halogens is 2. The lowest BCUT2D eigenvalue weighted by Gasteiger charge is -2.32. The molecule has 1 atom stereocenters. The molecule has 1 heterocycles. The van der Waals surface area contributed by atoms with Crippen molar-refractivity contribution in [3.05, 3.63) is 29.6 Å². The molecule has 1 saturated carbocycles. The summed E-state index contributed by atoms with van der Waals surface area (Å²) in [5, 5.41) is 0. The maximum absolute atomic E-state index is 13.9. The van der Waals surface area contributed by atoms with Gasteiger partial charge in [-0.1, -0.05) is 18.9 Å². The molecular formula is C16H21ClFN. The first-order chi connectivity index (χ1) is 9.31. The molecule has 2 fully saturated rings. The minimum absolute atomic E-state index is 0.162. The average Bonchev–Trinajstić information content (AvgIpc) is 3.09. The predicted octanol–water partition coefficient (Wildman–Crippen LogP) is 4.72. The monoisotopic (exact) mass is 281 g/mol. The Bertz CT molecular complexity index is 442. The van der Waals surface area contributed by atoms with Crippen LogP contribution in [0.4, 0.5) is 10.1 Å². The van der Waals surface area contributed by atoms with E-state index in [1.165, 1.54) is 44.6 Å². The summed E-state index contributed by atoms with van der Waals surface area (Å²) >= 11 is 5.96. The summed E-state index contributed by atoms with van der Waals surface area (Å²) in [6.45, 7) is 1.05. The summed E-state index contributed by atoms with van der Waals surface area (Å²) in [5.74, 6) is 0.897. The molecule has 19 heavy (non-hydrogen) atoms. The van der Waals surface area contributed by atoms with E-state index in [4.69, 9.17) is 11.6 Å². The lowest BCUT2D eigenvalue weighted by atomic mass is 9.95. The minimum Gasteiger partial charge on any atom is -0.368 e. The van der Waals surface area contributed by atoms with Gasteiger partial charge in [0.1, 0.15) is 5.82 Å². The smallest absolute Gasteiger partial charge is 0.129 e. The van der Waals surface area contributed by atoms with Crippen molar-refractivity contribution in [3.8, 4) is 0 Å². The van der Waals surface area contributed by atoms with E-state index in [9.17, 15) is 4.39 Å². The van der Waals surface area contributed by atoms with Crippen molar-refractivity contribution < 1.29 is 4.39 Å². The van der Waals surface area contributed by atoms with Crippen LogP contribution < -0.4 is 4.90 Å². The van der Waals surface area contributed by atoms with Gasteiger partial charge in [0, 0.05) is 23.8 Å². The standard InChI is InChI=1S/C16H21ClFN/c17-11-13-14(18)7-3-8-16(13)19-10-4-9-15(19)12-5-1-2-6-12/h3,7-8,12,15H,1-2,4-6,9-11H2. The molecule has 0 radical (unpaired) electrons. The molecule has 3 rings (SSSR count). The molecule has 0 spiro atoms. The van der Waals surface area contributed by atoms with Crippen molar-refractivity contribution in [3.63, 3.8) is 0 Å². The van der Waals surface area contributed by atoms with Crippen LogP contribution in [0.15, 0.2) is 18.2 Å². The van der Waals surface area contributed by atoms with Gasteiger partial charge in [0.05, 0.1) is 5.88 Å². The molecule has 1 aliphatic heterocycles. The van der Waals surface area contributed by atoms with Gasteiger partial charge in [0.2, 0.25) is 0 Å². The number of anilines is 1. The van der Waals surface area contributed by atoms with Crippen molar-refractivity contribution in [2.24, 2.45) is 5.92 Å². The Morgan fingerprint density at radius 1 is 1.16 bits per heavy atom. The lowest BCUT2D eigenvalue weighted by Crippen LogP contribution is -2.35. The lowest BCUT2D eigenvalue weighted by molar-refractivity contribution is 0.430. The van der Waals surface area contributed by atoms with Crippen molar-refractivity contribution >= 4 is 17.3 Å². The van der Waals surface area contributed by atoms with Crippen LogP contribution in [0.1, 0.15) is 44.1 Å². The third-order valence-electron chi connectivity index (χ3n) is 4.78. The maximum atomic E-state index is 13.9. The zero-order chi connectivity index (χ0) is 13.2. The Kier molecular flexibility index (Phi) is 3.97. The number of hydrogen-bond acceptors (Lipinski definition) is 1. The van der Waals surface area contributed by atoms with E-state index in [1.54, 1.807) is 0 Å². The zero-order valence-electron chi connectivity index (χ0n) is 11.2. The molecule has 0 N–H and O–H groups in total. The summed E-state index contributed by atoms with van der Waals surface area (Å²) in [4.78, 5) is 2.43.